The Hall–Kier alpha value is -1.41. The van der Waals surface area contributed by atoms with E-state index in [2.05, 4.69) is 37.2 Å². The van der Waals surface area contributed by atoms with E-state index in [-0.39, 0.29) is 15.7 Å². The molecule has 0 aliphatic carbocycles. The van der Waals surface area contributed by atoms with Crippen LogP contribution in [0.5, 0.6) is 0 Å². The number of ether oxygens (including phenoxy) is 2. The first-order valence-electron chi connectivity index (χ1n) is 5.78. The summed E-state index contributed by atoms with van der Waals surface area (Å²) in [5.41, 5.74) is -0.254. The Morgan fingerprint density at radius 1 is 1.19 bits per heavy atom. The van der Waals surface area contributed by atoms with Crippen molar-refractivity contribution in [2.45, 2.75) is 19.6 Å². The normalized spacial score (nSPS) is 17.1. The highest BCUT2D eigenvalue weighted by atomic mass is 79.9. The summed E-state index contributed by atoms with van der Waals surface area (Å²) in [6, 6.07) is 3.05. The third kappa shape index (κ3) is 3.44. The summed E-state index contributed by atoms with van der Waals surface area (Å²) >= 11 is 6.23. The molecule has 1 fully saturated rings. The molecule has 2 rings (SSSR count). The number of benzene rings is 1. The fraction of sp³-hybridized carbons (Fsp3) is 0.231. The van der Waals surface area contributed by atoms with Crippen LogP contribution in [0.25, 0.3) is 0 Å². The molecule has 0 amide bonds. The van der Waals surface area contributed by atoms with Crippen LogP contribution in [0.1, 0.15) is 13.8 Å². The number of rotatable bonds is 2. The van der Waals surface area contributed by atoms with Crippen LogP contribution in [-0.2, 0) is 19.1 Å². The van der Waals surface area contributed by atoms with Crippen molar-refractivity contribution in [1.82, 2.24) is 0 Å². The summed E-state index contributed by atoms with van der Waals surface area (Å²) < 4.78 is 24.5. The van der Waals surface area contributed by atoms with E-state index in [0.717, 1.165) is 6.20 Å². The zero-order valence-corrected chi connectivity index (χ0v) is 14.2. The van der Waals surface area contributed by atoms with Crippen molar-refractivity contribution in [2.24, 2.45) is 0 Å². The maximum Gasteiger partial charge on any atom is 0.350 e. The molecule has 0 radical (unpaired) electrons. The Bertz CT molecular complexity index is 636. The van der Waals surface area contributed by atoms with Gasteiger partial charge in [0.1, 0.15) is 0 Å². The molecule has 0 saturated carbocycles. The van der Waals surface area contributed by atoms with E-state index < -0.39 is 23.5 Å². The monoisotopic (exact) mass is 421 g/mol. The van der Waals surface area contributed by atoms with Crippen LogP contribution in [0.3, 0.4) is 0 Å². The van der Waals surface area contributed by atoms with Crippen molar-refractivity contribution in [2.75, 3.05) is 5.32 Å². The molecule has 0 aromatic heterocycles. The zero-order chi connectivity index (χ0) is 15.8. The quantitative estimate of drug-likeness (QED) is 0.342. The van der Waals surface area contributed by atoms with Crippen molar-refractivity contribution >= 4 is 49.5 Å². The van der Waals surface area contributed by atoms with Crippen LogP contribution in [0, 0.1) is 5.82 Å². The van der Waals surface area contributed by atoms with Gasteiger partial charge < -0.3 is 14.8 Å². The Labute approximate surface area is 136 Å². The van der Waals surface area contributed by atoms with Gasteiger partial charge in [-0.25, -0.2) is 14.0 Å². The number of cyclic esters (lactones) is 2. The minimum absolute atomic E-state index is 0.0861. The minimum Gasteiger partial charge on any atom is -0.419 e. The molecule has 112 valence electrons. The number of esters is 2. The number of carbonyl (C=O) groups is 2. The van der Waals surface area contributed by atoms with Crippen molar-refractivity contribution in [3.8, 4) is 0 Å². The highest BCUT2D eigenvalue weighted by Gasteiger charge is 2.38. The van der Waals surface area contributed by atoms with E-state index in [9.17, 15) is 14.0 Å². The molecular weight excluding hydrogens is 413 g/mol. The van der Waals surface area contributed by atoms with Crippen LogP contribution in [0.4, 0.5) is 10.1 Å². The lowest BCUT2D eigenvalue weighted by molar-refractivity contribution is -0.222. The molecule has 1 aliphatic rings. The summed E-state index contributed by atoms with van der Waals surface area (Å²) in [6.07, 6.45) is 1.05. The van der Waals surface area contributed by atoms with E-state index in [1.165, 1.54) is 19.9 Å². The molecule has 8 heteroatoms. The number of hydrogen-bond donors (Lipinski definition) is 1. The lowest BCUT2D eigenvalue weighted by atomic mass is 10.2. The van der Waals surface area contributed by atoms with Gasteiger partial charge >= 0.3 is 11.9 Å². The molecule has 5 nitrogen and oxygen atoms in total. The molecule has 0 atom stereocenters. The number of halogens is 3. The number of hydrogen-bond acceptors (Lipinski definition) is 5. The minimum atomic E-state index is -1.31. The van der Waals surface area contributed by atoms with Gasteiger partial charge in [-0.1, -0.05) is 0 Å². The van der Waals surface area contributed by atoms with Gasteiger partial charge in [0.05, 0.1) is 10.2 Å². The lowest BCUT2D eigenvalue weighted by Crippen LogP contribution is -2.42. The van der Waals surface area contributed by atoms with Gasteiger partial charge in [-0.2, -0.15) is 0 Å². The van der Waals surface area contributed by atoms with Crippen molar-refractivity contribution < 1.29 is 23.5 Å². The summed E-state index contributed by atoms with van der Waals surface area (Å²) in [4.78, 5) is 23.4. The second-order valence-electron chi connectivity index (χ2n) is 4.60. The fourth-order valence-corrected chi connectivity index (χ4v) is 2.22. The van der Waals surface area contributed by atoms with E-state index in [1.54, 1.807) is 6.07 Å². The topological polar surface area (TPSA) is 64.6 Å². The summed E-state index contributed by atoms with van der Waals surface area (Å²) in [7, 11) is 0. The molecule has 0 spiro atoms. The fourth-order valence-electron chi connectivity index (χ4n) is 1.57. The first kappa shape index (κ1) is 16.0. The van der Waals surface area contributed by atoms with Crippen LogP contribution in [0.15, 0.2) is 32.9 Å². The van der Waals surface area contributed by atoms with Crippen LogP contribution < -0.4 is 5.32 Å². The first-order valence-corrected chi connectivity index (χ1v) is 7.37. The van der Waals surface area contributed by atoms with Gasteiger partial charge in [0.2, 0.25) is 0 Å². The molecule has 1 aromatic carbocycles. The predicted molar refractivity (Wildman–Crippen MR) is 79.8 cm³/mol. The number of anilines is 1. The van der Waals surface area contributed by atoms with E-state index in [1.807, 2.05) is 0 Å². The van der Waals surface area contributed by atoms with E-state index >= 15 is 0 Å². The highest BCUT2D eigenvalue weighted by molar-refractivity contribution is 9.13. The van der Waals surface area contributed by atoms with Gasteiger partial charge in [-0.05, 0) is 44.0 Å². The van der Waals surface area contributed by atoms with Gasteiger partial charge in [0.15, 0.2) is 11.4 Å². The predicted octanol–water partition coefficient (Wildman–Crippen LogP) is 3.48. The maximum atomic E-state index is 13.9. The molecule has 1 aliphatic heterocycles. The number of carbonyl (C=O) groups excluding carboxylic acids is 2. The highest BCUT2D eigenvalue weighted by Crippen LogP contribution is 2.31. The maximum absolute atomic E-state index is 13.9. The third-order valence-electron chi connectivity index (χ3n) is 2.52. The third-order valence-corrected chi connectivity index (χ3v) is 4.49. The lowest BCUT2D eigenvalue weighted by Gasteiger charge is -2.29. The Balaban J connectivity index is 2.24. The Kier molecular flexibility index (Phi) is 4.38. The summed E-state index contributed by atoms with van der Waals surface area (Å²) in [6.45, 7) is 2.89. The second-order valence-corrected chi connectivity index (χ2v) is 6.25. The second kappa shape index (κ2) is 5.76. The SMILES string of the molecule is CC1(C)OC(=O)C(=CNc2ccc(Br)c(Br)c2F)C(=O)O1. The largest absolute Gasteiger partial charge is 0.419 e. The van der Waals surface area contributed by atoms with Gasteiger partial charge in [-0.15, -0.1) is 0 Å². The molecule has 1 saturated heterocycles. The Morgan fingerprint density at radius 3 is 2.33 bits per heavy atom. The van der Waals surface area contributed by atoms with Crippen molar-refractivity contribution in [3.05, 3.63) is 38.7 Å². The Morgan fingerprint density at radius 2 is 1.76 bits per heavy atom. The summed E-state index contributed by atoms with van der Waals surface area (Å²) in [5.74, 6) is -3.54. The van der Waals surface area contributed by atoms with Gasteiger partial charge in [0.25, 0.3) is 5.79 Å². The average Bonchev–Trinajstić information content (AvgIpc) is 2.36. The first-order chi connectivity index (χ1) is 9.71. The smallest absolute Gasteiger partial charge is 0.350 e. The summed E-state index contributed by atoms with van der Waals surface area (Å²) in [5, 5.41) is 2.55. The van der Waals surface area contributed by atoms with E-state index in [4.69, 9.17) is 9.47 Å². The molecular formula is C13H10Br2FNO4. The van der Waals surface area contributed by atoms with Crippen molar-refractivity contribution in [3.63, 3.8) is 0 Å². The molecule has 0 bridgehead atoms. The molecule has 1 aromatic rings. The molecule has 1 heterocycles. The molecule has 0 unspecified atom stereocenters. The van der Waals surface area contributed by atoms with Crippen molar-refractivity contribution in [1.29, 1.82) is 0 Å². The zero-order valence-electron chi connectivity index (χ0n) is 11.0. The number of nitrogens with one attached hydrogen (secondary N) is 1. The molecule has 1 N–H and O–H groups in total. The average molecular weight is 423 g/mol. The van der Waals surface area contributed by atoms with Gasteiger partial charge in [-0.3, -0.25) is 0 Å². The van der Waals surface area contributed by atoms with Crippen LogP contribution in [-0.4, -0.2) is 17.7 Å². The standard InChI is InChI=1S/C13H10Br2FNO4/c1-13(2)20-11(18)6(12(19)21-13)5-17-8-4-3-7(14)9(15)10(8)16/h3-5,17H,1-2H3. The van der Waals surface area contributed by atoms with E-state index in [0.29, 0.717) is 4.47 Å². The molecule has 21 heavy (non-hydrogen) atoms. The van der Waals surface area contributed by atoms with Gasteiger partial charge in [0, 0.05) is 24.5 Å². The van der Waals surface area contributed by atoms with Crippen LogP contribution >= 0.6 is 31.9 Å². The van der Waals surface area contributed by atoms with Crippen LogP contribution in [0.2, 0.25) is 0 Å².